The molecule has 1 heterocycles. The number of ether oxygens (including phenoxy) is 2. The Kier molecular flexibility index (Phi) is 4.42. The summed E-state index contributed by atoms with van der Waals surface area (Å²) >= 11 is 0. The molecule has 1 atom stereocenters. The number of rotatable bonds is 4. The first-order valence-electron chi connectivity index (χ1n) is 7.73. The highest BCUT2D eigenvalue weighted by molar-refractivity contribution is 5.89. The molecule has 112 valence electrons. The monoisotopic (exact) mass is 285 g/mol. The van der Waals surface area contributed by atoms with E-state index < -0.39 is 0 Å². The van der Waals surface area contributed by atoms with Gasteiger partial charge in [0.15, 0.2) is 0 Å². The number of fused-ring (bicyclic) bond motifs is 1. The highest BCUT2D eigenvalue weighted by atomic mass is 16.5. The van der Waals surface area contributed by atoms with Gasteiger partial charge in [-0.3, -0.25) is 0 Å². The second kappa shape index (κ2) is 6.46. The fourth-order valence-electron chi connectivity index (χ4n) is 2.89. The molecule has 21 heavy (non-hydrogen) atoms. The van der Waals surface area contributed by atoms with Crippen molar-refractivity contribution in [3.8, 4) is 5.75 Å². The maximum Gasteiger partial charge on any atom is 0.131 e. The van der Waals surface area contributed by atoms with Crippen molar-refractivity contribution < 1.29 is 9.47 Å². The summed E-state index contributed by atoms with van der Waals surface area (Å²) in [5.41, 5.74) is 7.20. The van der Waals surface area contributed by atoms with Crippen molar-refractivity contribution in [1.82, 2.24) is 0 Å². The van der Waals surface area contributed by atoms with Crippen LogP contribution in [-0.4, -0.2) is 19.8 Å². The van der Waals surface area contributed by atoms with Crippen LogP contribution in [-0.2, 0) is 4.74 Å². The van der Waals surface area contributed by atoms with E-state index in [1.807, 2.05) is 6.92 Å². The van der Waals surface area contributed by atoms with Gasteiger partial charge in [0.05, 0.1) is 6.61 Å². The number of nitrogens with two attached hydrogens (primary N) is 1. The zero-order chi connectivity index (χ0) is 14.7. The second-order valence-corrected chi connectivity index (χ2v) is 5.86. The first kappa shape index (κ1) is 14.4. The first-order valence-corrected chi connectivity index (χ1v) is 7.73. The predicted molar refractivity (Wildman–Crippen MR) is 85.6 cm³/mol. The fraction of sp³-hybridized carbons (Fsp3) is 0.444. The lowest BCUT2D eigenvalue weighted by atomic mass is 10.00. The Morgan fingerprint density at radius 1 is 1.19 bits per heavy atom. The van der Waals surface area contributed by atoms with E-state index in [0.717, 1.165) is 49.4 Å². The maximum absolute atomic E-state index is 6.22. The second-order valence-electron chi connectivity index (χ2n) is 5.86. The number of hydrogen-bond acceptors (Lipinski definition) is 3. The lowest BCUT2D eigenvalue weighted by Crippen LogP contribution is -2.22. The van der Waals surface area contributed by atoms with E-state index in [0.29, 0.717) is 5.92 Å². The lowest BCUT2D eigenvalue weighted by Gasteiger charge is -2.24. The third kappa shape index (κ3) is 3.20. The Morgan fingerprint density at radius 2 is 1.95 bits per heavy atom. The van der Waals surface area contributed by atoms with Gasteiger partial charge in [0, 0.05) is 30.2 Å². The van der Waals surface area contributed by atoms with Crippen LogP contribution < -0.4 is 10.5 Å². The van der Waals surface area contributed by atoms with Crippen LogP contribution in [0.15, 0.2) is 36.4 Å². The standard InChI is InChI=1S/C18H23NO2/c1-13(19)16-7-6-15-4-2-3-5-17(15)18(16)21-12-14-8-10-20-11-9-14/h2-7,13-14H,8-12,19H2,1H3/t13-/m1/s1. The Bertz CT molecular complexity index is 603. The molecular formula is C18H23NO2. The van der Waals surface area contributed by atoms with Gasteiger partial charge in [0.2, 0.25) is 0 Å². The molecule has 1 saturated heterocycles. The molecule has 3 nitrogen and oxygen atoms in total. The van der Waals surface area contributed by atoms with E-state index in [9.17, 15) is 0 Å². The summed E-state index contributed by atoms with van der Waals surface area (Å²) in [5.74, 6) is 1.54. The Hall–Kier alpha value is -1.58. The summed E-state index contributed by atoms with van der Waals surface area (Å²) in [7, 11) is 0. The van der Waals surface area contributed by atoms with Gasteiger partial charge in [-0.2, -0.15) is 0 Å². The molecule has 1 aliphatic rings. The van der Waals surface area contributed by atoms with Crippen molar-refractivity contribution in [3.05, 3.63) is 42.0 Å². The molecule has 0 aliphatic carbocycles. The van der Waals surface area contributed by atoms with Crippen molar-refractivity contribution in [2.45, 2.75) is 25.8 Å². The van der Waals surface area contributed by atoms with Gasteiger partial charge in [0.1, 0.15) is 5.75 Å². The van der Waals surface area contributed by atoms with E-state index in [1.165, 1.54) is 5.39 Å². The molecule has 2 N–H and O–H groups in total. The number of hydrogen-bond donors (Lipinski definition) is 1. The Balaban J connectivity index is 1.88. The van der Waals surface area contributed by atoms with Crippen LogP contribution in [0.1, 0.15) is 31.4 Å². The highest BCUT2D eigenvalue weighted by Gasteiger charge is 2.17. The average Bonchev–Trinajstić information content (AvgIpc) is 2.53. The van der Waals surface area contributed by atoms with Crippen molar-refractivity contribution in [2.75, 3.05) is 19.8 Å². The van der Waals surface area contributed by atoms with E-state index in [-0.39, 0.29) is 6.04 Å². The minimum Gasteiger partial charge on any atom is -0.492 e. The molecular weight excluding hydrogens is 262 g/mol. The molecule has 0 spiro atoms. The third-order valence-corrected chi connectivity index (χ3v) is 4.20. The first-order chi connectivity index (χ1) is 10.3. The van der Waals surface area contributed by atoms with E-state index in [1.54, 1.807) is 0 Å². The minimum absolute atomic E-state index is 0.0284. The maximum atomic E-state index is 6.22. The summed E-state index contributed by atoms with van der Waals surface area (Å²) in [4.78, 5) is 0. The van der Waals surface area contributed by atoms with Crippen molar-refractivity contribution in [1.29, 1.82) is 0 Å². The molecule has 1 aliphatic heterocycles. The van der Waals surface area contributed by atoms with Crippen LogP contribution >= 0.6 is 0 Å². The quantitative estimate of drug-likeness (QED) is 0.932. The smallest absolute Gasteiger partial charge is 0.131 e. The summed E-state index contributed by atoms with van der Waals surface area (Å²) < 4.78 is 11.6. The fourth-order valence-corrected chi connectivity index (χ4v) is 2.89. The predicted octanol–water partition coefficient (Wildman–Crippen LogP) is 3.66. The number of benzene rings is 2. The largest absolute Gasteiger partial charge is 0.492 e. The zero-order valence-electron chi connectivity index (χ0n) is 12.5. The van der Waals surface area contributed by atoms with Crippen LogP contribution in [0.5, 0.6) is 5.75 Å². The molecule has 0 radical (unpaired) electrons. The molecule has 2 aromatic carbocycles. The lowest BCUT2D eigenvalue weighted by molar-refractivity contribution is 0.0498. The van der Waals surface area contributed by atoms with Gasteiger partial charge in [0.25, 0.3) is 0 Å². The topological polar surface area (TPSA) is 44.5 Å². The van der Waals surface area contributed by atoms with Gasteiger partial charge < -0.3 is 15.2 Å². The van der Waals surface area contributed by atoms with Gasteiger partial charge in [-0.15, -0.1) is 0 Å². The normalized spacial score (nSPS) is 17.8. The van der Waals surface area contributed by atoms with Crippen molar-refractivity contribution in [3.63, 3.8) is 0 Å². The molecule has 3 heteroatoms. The molecule has 0 aromatic heterocycles. The third-order valence-electron chi connectivity index (χ3n) is 4.20. The molecule has 0 bridgehead atoms. The molecule has 1 fully saturated rings. The van der Waals surface area contributed by atoms with Crippen LogP contribution in [0.4, 0.5) is 0 Å². The van der Waals surface area contributed by atoms with E-state index in [2.05, 4.69) is 36.4 Å². The van der Waals surface area contributed by atoms with Crippen LogP contribution in [0.2, 0.25) is 0 Å². The van der Waals surface area contributed by atoms with Crippen LogP contribution in [0.25, 0.3) is 10.8 Å². The van der Waals surface area contributed by atoms with Crippen molar-refractivity contribution in [2.24, 2.45) is 11.7 Å². The summed E-state index contributed by atoms with van der Waals surface area (Å²) in [6.07, 6.45) is 2.16. The Morgan fingerprint density at radius 3 is 2.71 bits per heavy atom. The minimum atomic E-state index is -0.0284. The SMILES string of the molecule is C[C@@H](N)c1ccc2ccccc2c1OCC1CCOCC1. The van der Waals surface area contributed by atoms with Crippen LogP contribution in [0, 0.1) is 5.92 Å². The highest BCUT2D eigenvalue weighted by Crippen LogP contribution is 2.33. The van der Waals surface area contributed by atoms with E-state index in [4.69, 9.17) is 15.2 Å². The van der Waals surface area contributed by atoms with Gasteiger partial charge in [-0.1, -0.05) is 36.4 Å². The summed E-state index contributed by atoms with van der Waals surface area (Å²) in [5, 5.41) is 2.35. The average molecular weight is 285 g/mol. The Labute approximate surface area is 126 Å². The van der Waals surface area contributed by atoms with Gasteiger partial charge in [-0.25, -0.2) is 0 Å². The molecule has 2 aromatic rings. The summed E-state index contributed by atoms with van der Waals surface area (Å²) in [6.45, 7) is 4.45. The molecule has 0 amide bonds. The summed E-state index contributed by atoms with van der Waals surface area (Å²) in [6, 6.07) is 12.5. The molecule has 3 rings (SSSR count). The van der Waals surface area contributed by atoms with Gasteiger partial charge in [-0.05, 0) is 31.1 Å². The zero-order valence-corrected chi connectivity index (χ0v) is 12.5. The van der Waals surface area contributed by atoms with E-state index >= 15 is 0 Å². The van der Waals surface area contributed by atoms with Gasteiger partial charge >= 0.3 is 0 Å². The van der Waals surface area contributed by atoms with Crippen molar-refractivity contribution >= 4 is 10.8 Å². The molecule has 0 unspecified atom stereocenters. The molecule has 0 saturated carbocycles. The van der Waals surface area contributed by atoms with Crippen LogP contribution in [0.3, 0.4) is 0 Å².